The van der Waals surface area contributed by atoms with Gasteiger partial charge in [0.1, 0.15) is 10.7 Å². The van der Waals surface area contributed by atoms with Crippen LogP contribution in [-0.2, 0) is 0 Å². The van der Waals surface area contributed by atoms with E-state index in [1.807, 2.05) is 0 Å². The molecule has 104 valence electrons. The Bertz CT molecular complexity index is 550. The highest BCUT2D eigenvalue weighted by Crippen LogP contribution is 2.37. The molecule has 1 aliphatic rings. The largest absolute Gasteiger partial charge is 0.285 e. The van der Waals surface area contributed by atoms with E-state index in [4.69, 9.17) is 11.6 Å². The van der Waals surface area contributed by atoms with Gasteiger partial charge in [-0.15, -0.1) is 0 Å². The zero-order chi connectivity index (χ0) is 14.0. The van der Waals surface area contributed by atoms with Gasteiger partial charge in [-0.25, -0.2) is 5.10 Å². The van der Waals surface area contributed by atoms with Gasteiger partial charge >= 0.3 is 0 Å². The average molecular weight is 283 g/mol. The quantitative estimate of drug-likeness (QED) is 0.819. The van der Waals surface area contributed by atoms with Crippen molar-refractivity contribution in [1.82, 2.24) is 10.2 Å². The van der Waals surface area contributed by atoms with Crippen LogP contribution in [0.1, 0.15) is 40.0 Å². The molecule has 0 bridgehead atoms. The molecule has 1 heterocycles. The Kier molecular flexibility index (Phi) is 3.94. The zero-order valence-corrected chi connectivity index (χ0v) is 12.2. The summed E-state index contributed by atoms with van der Waals surface area (Å²) >= 11 is 5.88. The lowest BCUT2D eigenvalue weighted by atomic mass is 9.72. The number of nitrogens with one attached hydrogen (secondary N) is 2. The summed E-state index contributed by atoms with van der Waals surface area (Å²) in [5.74, 6) is 0.622. The maximum atomic E-state index is 11.3. The summed E-state index contributed by atoms with van der Waals surface area (Å²) in [5, 5.41) is 10.4. The van der Waals surface area contributed by atoms with Crippen LogP contribution in [0.4, 0.5) is 5.69 Å². The monoisotopic (exact) mass is 282 g/mol. The number of hydrogen-bond acceptors (Lipinski definition) is 4. The third kappa shape index (κ3) is 3.56. The second-order valence-corrected chi connectivity index (χ2v) is 6.45. The summed E-state index contributed by atoms with van der Waals surface area (Å²) in [6.45, 7) is 6.73. The number of anilines is 1. The van der Waals surface area contributed by atoms with E-state index in [-0.39, 0.29) is 10.4 Å². The zero-order valence-electron chi connectivity index (χ0n) is 11.5. The molecule has 0 unspecified atom stereocenters. The van der Waals surface area contributed by atoms with Crippen LogP contribution in [-0.4, -0.2) is 15.9 Å². The number of rotatable bonds is 2. The van der Waals surface area contributed by atoms with Crippen LogP contribution >= 0.6 is 11.6 Å². The van der Waals surface area contributed by atoms with Crippen molar-refractivity contribution in [3.63, 3.8) is 0 Å². The van der Waals surface area contributed by atoms with Crippen molar-refractivity contribution in [2.75, 3.05) is 5.43 Å². The topological polar surface area (TPSA) is 70.1 Å². The number of hydrazone groups is 1. The Morgan fingerprint density at radius 2 is 2.32 bits per heavy atom. The number of H-pyrrole nitrogens is 1. The highest BCUT2D eigenvalue weighted by Gasteiger charge is 2.29. The minimum Gasteiger partial charge on any atom is -0.275 e. The van der Waals surface area contributed by atoms with E-state index >= 15 is 0 Å². The molecular weight excluding hydrogens is 264 g/mol. The van der Waals surface area contributed by atoms with Crippen molar-refractivity contribution in [1.29, 1.82) is 0 Å². The van der Waals surface area contributed by atoms with Gasteiger partial charge in [0.05, 0.1) is 6.20 Å². The third-order valence-electron chi connectivity index (χ3n) is 3.30. The maximum absolute atomic E-state index is 11.3. The molecule has 1 aromatic rings. The summed E-state index contributed by atoms with van der Waals surface area (Å²) in [7, 11) is 0. The van der Waals surface area contributed by atoms with Crippen molar-refractivity contribution in [3.05, 3.63) is 21.6 Å². The molecule has 19 heavy (non-hydrogen) atoms. The van der Waals surface area contributed by atoms with Crippen LogP contribution in [0, 0.1) is 11.3 Å². The normalized spacial score (nSPS) is 24.4. The highest BCUT2D eigenvalue weighted by atomic mass is 35.5. The molecule has 2 rings (SSSR count). The summed E-state index contributed by atoms with van der Waals surface area (Å²) in [6, 6.07) is 0. The third-order valence-corrected chi connectivity index (χ3v) is 3.67. The maximum Gasteiger partial charge on any atom is 0.285 e. The number of aromatic nitrogens is 2. The van der Waals surface area contributed by atoms with Gasteiger partial charge in [0.25, 0.3) is 5.56 Å². The smallest absolute Gasteiger partial charge is 0.275 e. The van der Waals surface area contributed by atoms with Crippen LogP contribution in [0.15, 0.2) is 16.1 Å². The van der Waals surface area contributed by atoms with Crippen molar-refractivity contribution >= 4 is 23.0 Å². The number of hydrogen-bond donors (Lipinski definition) is 2. The lowest BCUT2D eigenvalue weighted by Crippen LogP contribution is -2.28. The van der Waals surface area contributed by atoms with E-state index in [1.54, 1.807) is 0 Å². The molecule has 0 aliphatic heterocycles. The summed E-state index contributed by atoms with van der Waals surface area (Å²) in [4.78, 5) is 11.3. The molecule has 0 saturated heterocycles. The molecule has 5 nitrogen and oxygen atoms in total. The van der Waals surface area contributed by atoms with Gasteiger partial charge in [-0.05, 0) is 30.6 Å². The van der Waals surface area contributed by atoms with Crippen LogP contribution in [0.3, 0.4) is 0 Å². The van der Waals surface area contributed by atoms with Crippen LogP contribution in [0.25, 0.3) is 0 Å². The Morgan fingerprint density at radius 3 is 3.00 bits per heavy atom. The molecule has 0 radical (unpaired) electrons. The highest BCUT2D eigenvalue weighted by molar-refractivity contribution is 6.32. The van der Waals surface area contributed by atoms with Gasteiger partial charge in [0, 0.05) is 5.71 Å². The van der Waals surface area contributed by atoms with E-state index in [1.165, 1.54) is 12.6 Å². The molecule has 2 N–H and O–H groups in total. The van der Waals surface area contributed by atoms with E-state index in [9.17, 15) is 4.79 Å². The van der Waals surface area contributed by atoms with Gasteiger partial charge in [0.15, 0.2) is 0 Å². The van der Waals surface area contributed by atoms with Crippen LogP contribution < -0.4 is 11.0 Å². The first-order valence-electron chi connectivity index (χ1n) is 6.42. The standard InChI is InChI=1S/C13H19ClN4O/c1-8-4-9(6-13(2,3)5-8)16-17-10-7-15-18-12(19)11(10)14/h7-8H,4-6H2,1-3H3,(H2,17,18,19)/b16-9-/t8-/m0/s1. The lowest BCUT2D eigenvalue weighted by Gasteiger charge is -2.34. The Morgan fingerprint density at radius 1 is 1.58 bits per heavy atom. The van der Waals surface area contributed by atoms with Gasteiger partial charge in [-0.3, -0.25) is 10.2 Å². The first-order chi connectivity index (χ1) is 8.87. The molecule has 1 saturated carbocycles. The number of aromatic amines is 1. The van der Waals surface area contributed by atoms with E-state index in [0.717, 1.165) is 18.6 Å². The summed E-state index contributed by atoms with van der Waals surface area (Å²) in [5.41, 5.74) is 4.26. The van der Waals surface area contributed by atoms with E-state index < -0.39 is 5.56 Å². The fraction of sp³-hybridized carbons (Fsp3) is 0.615. The Labute approximate surface area is 117 Å². The predicted octanol–water partition coefficient (Wildman–Crippen LogP) is 3.04. The first kappa shape index (κ1) is 14.1. The van der Waals surface area contributed by atoms with Gasteiger partial charge in [0.2, 0.25) is 0 Å². The minimum atomic E-state index is -0.413. The molecule has 1 fully saturated rings. The first-order valence-corrected chi connectivity index (χ1v) is 6.80. The molecule has 1 aromatic heterocycles. The lowest BCUT2D eigenvalue weighted by molar-refractivity contribution is 0.266. The SMILES string of the molecule is C[C@H]1C/C(=N/Nc2cn[nH]c(=O)c2Cl)CC(C)(C)C1. The minimum absolute atomic E-state index is 0.0856. The fourth-order valence-electron chi connectivity index (χ4n) is 2.80. The van der Waals surface area contributed by atoms with Gasteiger partial charge in [-0.2, -0.15) is 10.2 Å². The molecule has 0 aromatic carbocycles. The molecule has 6 heteroatoms. The van der Waals surface area contributed by atoms with E-state index in [2.05, 4.69) is 41.5 Å². The predicted molar refractivity (Wildman–Crippen MR) is 77.7 cm³/mol. The summed E-state index contributed by atoms with van der Waals surface area (Å²) in [6.07, 6.45) is 4.60. The number of nitrogens with zero attached hydrogens (tertiary/aromatic N) is 2. The second kappa shape index (κ2) is 5.33. The molecule has 0 amide bonds. The average Bonchev–Trinajstić information content (AvgIpc) is 2.28. The van der Waals surface area contributed by atoms with Crippen LogP contribution in [0.5, 0.6) is 0 Å². The Balaban J connectivity index is 2.14. The van der Waals surface area contributed by atoms with E-state index in [0.29, 0.717) is 11.6 Å². The second-order valence-electron chi connectivity index (χ2n) is 6.07. The fourth-order valence-corrected chi connectivity index (χ4v) is 2.93. The van der Waals surface area contributed by atoms with Crippen molar-refractivity contribution in [2.24, 2.45) is 16.4 Å². The van der Waals surface area contributed by atoms with Crippen molar-refractivity contribution in [3.8, 4) is 0 Å². The van der Waals surface area contributed by atoms with Crippen molar-refractivity contribution in [2.45, 2.75) is 40.0 Å². The van der Waals surface area contributed by atoms with Gasteiger partial charge < -0.3 is 0 Å². The van der Waals surface area contributed by atoms with Crippen LogP contribution in [0.2, 0.25) is 5.02 Å². The van der Waals surface area contributed by atoms with Gasteiger partial charge in [-0.1, -0.05) is 32.4 Å². The summed E-state index contributed by atoms with van der Waals surface area (Å²) < 4.78 is 0. The molecule has 1 atom stereocenters. The van der Waals surface area contributed by atoms with Crippen molar-refractivity contribution < 1.29 is 0 Å². The molecule has 1 aliphatic carbocycles. The molecular formula is C13H19ClN4O. The number of halogens is 1. The Hall–Kier alpha value is -1.36. The molecule has 0 spiro atoms.